The Morgan fingerprint density at radius 1 is 1.39 bits per heavy atom. The van der Waals surface area contributed by atoms with Crippen LogP contribution in [-0.2, 0) is 32.4 Å². The topological polar surface area (TPSA) is 117 Å². The fourth-order valence-electron chi connectivity index (χ4n) is 3.49. The number of benzene rings is 1. The van der Waals surface area contributed by atoms with Gasteiger partial charge < -0.3 is 9.29 Å². The van der Waals surface area contributed by atoms with Gasteiger partial charge in [0.25, 0.3) is 0 Å². The summed E-state index contributed by atoms with van der Waals surface area (Å²) >= 11 is 3.16. The minimum absolute atomic E-state index is 0.00147. The van der Waals surface area contributed by atoms with Crippen LogP contribution in [0.1, 0.15) is 39.7 Å². The lowest BCUT2D eigenvalue weighted by atomic mass is 10.0. The fourth-order valence-corrected chi connectivity index (χ4v) is 6.31. The molecule has 0 saturated carbocycles. The molecule has 2 aromatic rings. The fraction of sp³-hybridized carbons (Fsp3) is 0.368. The zero-order valence-corrected chi connectivity index (χ0v) is 18.8. The van der Waals surface area contributed by atoms with Crippen LogP contribution in [0.25, 0.3) is 0 Å². The summed E-state index contributed by atoms with van der Waals surface area (Å²) in [6, 6.07) is 6.05. The summed E-state index contributed by atoms with van der Waals surface area (Å²) in [6.07, 6.45) is 1.39. The number of rotatable bonds is 6. The molecule has 0 spiro atoms. The molecule has 1 aliphatic rings. The molecule has 1 aromatic carbocycles. The Morgan fingerprint density at radius 3 is 2.71 bits per heavy atom. The van der Waals surface area contributed by atoms with E-state index < -0.39 is 44.2 Å². The first-order valence-electron chi connectivity index (χ1n) is 9.18. The number of pyridine rings is 1. The van der Waals surface area contributed by atoms with Crippen LogP contribution in [0.15, 0.2) is 36.5 Å². The van der Waals surface area contributed by atoms with Crippen molar-refractivity contribution >= 4 is 38.7 Å². The minimum atomic E-state index is -3.57. The predicted molar refractivity (Wildman–Crippen MR) is 111 cm³/mol. The minimum Gasteiger partial charge on any atom is -0.760 e. The van der Waals surface area contributed by atoms with Gasteiger partial charge in [0, 0.05) is 23.5 Å². The highest BCUT2D eigenvalue weighted by Gasteiger charge is 2.38. The molecule has 12 heteroatoms. The maximum atomic E-state index is 13.5. The van der Waals surface area contributed by atoms with Crippen molar-refractivity contribution in [1.29, 1.82) is 0 Å². The number of halogens is 2. The highest BCUT2D eigenvalue weighted by Crippen LogP contribution is 2.37. The summed E-state index contributed by atoms with van der Waals surface area (Å²) in [5.41, 5.74) is 0.915. The molecule has 8 nitrogen and oxygen atoms in total. The molecule has 0 aliphatic carbocycles. The van der Waals surface area contributed by atoms with Crippen molar-refractivity contribution < 1.29 is 31.1 Å². The number of hydrogen-bond acceptors (Lipinski definition) is 7. The Labute approximate surface area is 186 Å². The first-order chi connectivity index (χ1) is 14.6. The van der Waals surface area contributed by atoms with Gasteiger partial charge in [-0.25, -0.2) is 21.9 Å². The van der Waals surface area contributed by atoms with Gasteiger partial charge in [-0.3, -0.25) is 9.19 Å². The second-order valence-electron chi connectivity index (χ2n) is 7.03. The van der Waals surface area contributed by atoms with Gasteiger partial charge in [-0.2, -0.15) is 0 Å². The Bertz CT molecular complexity index is 1100. The first-order valence-corrected chi connectivity index (χ1v) is 12.3. The van der Waals surface area contributed by atoms with Crippen LogP contribution in [0, 0.1) is 5.82 Å². The van der Waals surface area contributed by atoms with Gasteiger partial charge >= 0.3 is 5.97 Å². The molecule has 3 unspecified atom stereocenters. The van der Waals surface area contributed by atoms with Crippen LogP contribution in [0.5, 0.6) is 0 Å². The second-order valence-corrected chi connectivity index (χ2v) is 10.6. The summed E-state index contributed by atoms with van der Waals surface area (Å²) < 4.78 is 68.4. The molecule has 0 N–H and O–H groups in total. The number of sulfone groups is 1. The van der Waals surface area contributed by atoms with E-state index in [1.807, 2.05) is 0 Å². The third kappa shape index (κ3) is 5.47. The summed E-state index contributed by atoms with van der Waals surface area (Å²) in [6.45, 7) is -0.0980. The number of hydrogen-bond donors (Lipinski definition) is 0. The monoisotopic (exact) mass is 489 g/mol. The largest absolute Gasteiger partial charge is 0.760 e. The number of aromatic nitrogens is 1. The van der Waals surface area contributed by atoms with E-state index >= 15 is 0 Å². The molecule has 3 atom stereocenters. The van der Waals surface area contributed by atoms with E-state index in [2.05, 4.69) is 9.72 Å². The van der Waals surface area contributed by atoms with Gasteiger partial charge in [0.1, 0.15) is 5.82 Å². The Kier molecular flexibility index (Phi) is 7.43. The van der Waals surface area contributed by atoms with Gasteiger partial charge in [0.05, 0.1) is 40.9 Å². The molecule has 0 bridgehead atoms. The molecule has 1 fully saturated rings. The zero-order chi connectivity index (χ0) is 22.8. The number of ether oxygens (including phenoxy) is 1. The van der Waals surface area contributed by atoms with Crippen LogP contribution >= 0.6 is 11.6 Å². The van der Waals surface area contributed by atoms with Gasteiger partial charge in [-0.05, 0) is 42.7 Å². The lowest BCUT2D eigenvalue weighted by Gasteiger charge is -2.38. The molecule has 1 aliphatic heterocycles. The van der Waals surface area contributed by atoms with E-state index in [-0.39, 0.29) is 35.7 Å². The summed E-state index contributed by atoms with van der Waals surface area (Å²) in [7, 11) is -2.33. The van der Waals surface area contributed by atoms with Crippen molar-refractivity contribution in [3.63, 3.8) is 0 Å². The van der Waals surface area contributed by atoms with Gasteiger partial charge in [0.15, 0.2) is 9.84 Å². The number of methoxy groups -OCH3 is 1. The van der Waals surface area contributed by atoms with Crippen LogP contribution in [-0.4, -0.2) is 51.3 Å². The van der Waals surface area contributed by atoms with E-state index in [1.54, 1.807) is 0 Å². The average Bonchev–Trinajstić information content (AvgIpc) is 2.74. The maximum absolute atomic E-state index is 13.5. The number of carbonyl (C=O) groups excluding carboxylic acids is 1. The summed E-state index contributed by atoms with van der Waals surface area (Å²) in [4.78, 5) is 15.6. The number of nitrogens with zero attached hydrogens (tertiary/aromatic N) is 2. The standard InChI is InChI=1S/C19H20ClFN2O6S2/c1-29-19(24)13-2-4-14(22-10-13)11-23(30(25)26)15-6-7-31(27,28)18(9-15)12-3-5-17(21)16(20)8-12/h2-5,8,10,15,18H,6-7,9,11H2,1H3,(H,25,26)/p-1. The summed E-state index contributed by atoms with van der Waals surface area (Å²) in [5, 5.41) is -1.21. The highest BCUT2D eigenvalue weighted by atomic mass is 35.5. The lowest BCUT2D eigenvalue weighted by molar-refractivity contribution is 0.0600. The van der Waals surface area contributed by atoms with Gasteiger partial charge in [0.2, 0.25) is 0 Å². The van der Waals surface area contributed by atoms with Gasteiger partial charge in [-0.15, -0.1) is 0 Å². The van der Waals surface area contributed by atoms with Crippen molar-refractivity contribution in [2.24, 2.45) is 0 Å². The van der Waals surface area contributed by atoms with E-state index in [9.17, 15) is 26.4 Å². The predicted octanol–water partition coefficient (Wildman–Crippen LogP) is 2.58. The van der Waals surface area contributed by atoms with Crippen molar-refractivity contribution in [2.75, 3.05) is 12.9 Å². The van der Waals surface area contributed by atoms with Crippen molar-refractivity contribution in [3.8, 4) is 0 Å². The third-order valence-corrected chi connectivity index (χ3v) is 8.37. The Hall–Kier alpha value is -1.92. The number of esters is 1. The van der Waals surface area contributed by atoms with Crippen LogP contribution < -0.4 is 0 Å². The molecule has 2 heterocycles. The van der Waals surface area contributed by atoms with Crippen molar-refractivity contribution in [1.82, 2.24) is 9.29 Å². The smallest absolute Gasteiger partial charge is 0.339 e. The summed E-state index contributed by atoms with van der Waals surface area (Å²) in [5.74, 6) is -1.46. The second kappa shape index (κ2) is 9.70. The molecule has 0 amide bonds. The van der Waals surface area contributed by atoms with Crippen LogP contribution in [0.3, 0.4) is 0 Å². The average molecular weight is 490 g/mol. The van der Waals surface area contributed by atoms with Crippen molar-refractivity contribution in [2.45, 2.75) is 30.7 Å². The maximum Gasteiger partial charge on any atom is 0.339 e. The highest BCUT2D eigenvalue weighted by molar-refractivity contribution is 7.91. The molecular weight excluding hydrogens is 471 g/mol. The Balaban J connectivity index is 1.83. The van der Waals surface area contributed by atoms with Crippen LogP contribution in [0.4, 0.5) is 4.39 Å². The zero-order valence-electron chi connectivity index (χ0n) is 16.4. The molecule has 31 heavy (non-hydrogen) atoms. The van der Waals surface area contributed by atoms with E-state index in [0.717, 1.165) is 10.4 Å². The SMILES string of the molecule is COC(=O)c1ccc(CN(C2CCS(=O)(=O)C(c3ccc(F)c(Cl)c3)C2)S(=O)[O-])nc1. The Morgan fingerprint density at radius 2 is 2.13 bits per heavy atom. The number of carbonyl (C=O) groups is 1. The first kappa shape index (κ1) is 23.7. The van der Waals surface area contributed by atoms with Crippen LogP contribution in [0.2, 0.25) is 5.02 Å². The quantitative estimate of drug-likeness (QED) is 0.452. The molecule has 1 aromatic heterocycles. The molecule has 168 valence electrons. The van der Waals surface area contributed by atoms with E-state index in [1.165, 1.54) is 37.6 Å². The third-order valence-electron chi connectivity index (χ3n) is 5.13. The normalized spacial score (nSPS) is 21.6. The lowest BCUT2D eigenvalue weighted by Crippen LogP contribution is -2.43. The van der Waals surface area contributed by atoms with Gasteiger partial charge in [-0.1, -0.05) is 17.7 Å². The molecule has 3 rings (SSSR count). The van der Waals surface area contributed by atoms with E-state index in [0.29, 0.717) is 11.3 Å². The molecule has 1 saturated heterocycles. The van der Waals surface area contributed by atoms with Crippen molar-refractivity contribution in [3.05, 3.63) is 64.2 Å². The molecule has 0 radical (unpaired) electrons. The van der Waals surface area contributed by atoms with E-state index in [4.69, 9.17) is 11.6 Å². The molecular formula is C19H19ClFN2O6S2-.